The second-order valence-corrected chi connectivity index (χ2v) is 19.6. The summed E-state index contributed by atoms with van der Waals surface area (Å²) < 4.78 is 22.3. The van der Waals surface area contributed by atoms with Crippen molar-refractivity contribution < 1.29 is 38.1 Å². The molecule has 10 rings (SSSR count). The van der Waals surface area contributed by atoms with Gasteiger partial charge in [-0.15, -0.1) is 0 Å². The number of ether oxygens (including phenoxy) is 4. The van der Waals surface area contributed by atoms with Crippen LogP contribution in [-0.2, 0) is 54.2 Å². The van der Waals surface area contributed by atoms with Crippen LogP contribution in [0.5, 0.6) is 0 Å². The number of aromatic nitrogens is 5. The molecule has 358 valence electrons. The first-order chi connectivity index (χ1) is 32.8. The van der Waals surface area contributed by atoms with Crippen LogP contribution in [-0.4, -0.2) is 117 Å². The molecule has 17 heteroatoms. The Morgan fingerprint density at radius 1 is 0.735 bits per heavy atom. The van der Waals surface area contributed by atoms with Crippen molar-refractivity contribution in [1.29, 1.82) is 0 Å². The number of fused-ring (bicyclic) bond motifs is 3. The molecule has 68 heavy (non-hydrogen) atoms. The number of alkyl carbamates (subject to hydrolysis) is 2. The fourth-order valence-electron chi connectivity index (χ4n) is 11.2. The van der Waals surface area contributed by atoms with E-state index < -0.39 is 30.1 Å². The van der Waals surface area contributed by atoms with Gasteiger partial charge in [0.05, 0.1) is 73.8 Å². The monoisotopic (exact) mass is 927 g/mol. The minimum Gasteiger partial charge on any atom is -0.453 e. The lowest BCUT2D eigenvalue weighted by Crippen LogP contribution is -2.51. The summed E-state index contributed by atoms with van der Waals surface area (Å²) in [5.74, 6) is 0.195. The van der Waals surface area contributed by atoms with E-state index in [0.717, 1.165) is 107 Å². The Bertz CT molecular complexity index is 2770. The molecule has 4 atom stereocenters. The van der Waals surface area contributed by atoms with Gasteiger partial charge in [-0.3, -0.25) is 9.59 Å². The van der Waals surface area contributed by atoms with Gasteiger partial charge in [-0.25, -0.2) is 24.5 Å². The maximum Gasteiger partial charge on any atom is 0.407 e. The van der Waals surface area contributed by atoms with Gasteiger partial charge in [0.25, 0.3) is 0 Å². The third-order valence-electron chi connectivity index (χ3n) is 14.6. The number of pyridine rings is 1. The van der Waals surface area contributed by atoms with Crippen LogP contribution in [0.25, 0.3) is 44.8 Å². The van der Waals surface area contributed by atoms with E-state index in [1.807, 2.05) is 49.8 Å². The van der Waals surface area contributed by atoms with Gasteiger partial charge in [0, 0.05) is 42.6 Å². The van der Waals surface area contributed by atoms with E-state index >= 15 is 0 Å². The number of carbonyl (C=O) groups excluding carboxylic acids is 4. The number of H-pyrrole nitrogens is 2. The van der Waals surface area contributed by atoms with E-state index in [1.165, 1.54) is 25.3 Å². The first-order valence-electron chi connectivity index (χ1n) is 24.2. The quantitative estimate of drug-likeness (QED) is 0.105. The topological polar surface area (TPSA) is 206 Å². The van der Waals surface area contributed by atoms with E-state index in [4.69, 9.17) is 33.9 Å². The number of nitrogens with zero attached hydrogens (tertiary/aromatic N) is 5. The molecule has 17 nitrogen and oxygen atoms in total. The molecule has 0 bridgehead atoms. The average Bonchev–Trinajstić information content (AvgIpc) is 4.19. The highest BCUT2D eigenvalue weighted by Crippen LogP contribution is 2.46. The normalized spacial score (nSPS) is 20.4. The number of methoxy groups -OCH3 is 2. The molecule has 3 aliphatic heterocycles. The van der Waals surface area contributed by atoms with Crippen molar-refractivity contribution in [3.63, 3.8) is 0 Å². The van der Waals surface area contributed by atoms with Crippen LogP contribution in [0.1, 0.15) is 106 Å². The van der Waals surface area contributed by atoms with Crippen LogP contribution in [0.15, 0.2) is 42.6 Å². The summed E-state index contributed by atoms with van der Waals surface area (Å²) in [5.41, 5.74) is 12.3. The lowest BCUT2D eigenvalue weighted by atomic mass is 9.91. The fraction of sp³-hybridized carbons (Fsp3) is 0.510. The lowest BCUT2D eigenvalue weighted by molar-refractivity contribution is -0.147. The second-order valence-electron chi connectivity index (χ2n) is 19.6. The van der Waals surface area contributed by atoms with Gasteiger partial charge in [-0.05, 0) is 97.2 Å². The molecule has 4 amide bonds. The Balaban J connectivity index is 0.964. The van der Waals surface area contributed by atoms with Crippen molar-refractivity contribution >= 4 is 35.0 Å². The number of aromatic amines is 2. The highest BCUT2D eigenvalue weighted by atomic mass is 16.7. The van der Waals surface area contributed by atoms with Crippen LogP contribution in [0.4, 0.5) is 9.59 Å². The number of nitrogens with one attached hydrogen (secondary N) is 4. The first-order valence-corrected chi connectivity index (χ1v) is 24.2. The summed E-state index contributed by atoms with van der Waals surface area (Å²) in [5, 5.41) is 5.47. The maximum atomic E-state index is 13.9. The van der Waals surface area contributed by atoms with E-state index in [0.29, 0.717) is 45.0 Å². The number of amides is 4. The second kappa shape index (κ2) is 18.3. The molecule has 5 aromatic rings. The highest BCUT2D eigenvalue weighted by molar-refractivity contribution is 5.88. The number of benzene rings is 2. The van der Waals surface area contributed by atoms with Crippen molar-refractivity contribution in [2.75, 3.05) is 40.5 Å². The van der Waals surface area contributed by atoms with Crippen LogP contribution >= 0.6 is 0 Å². The molecular weight excluding hydrogens is 867 g/mol. The van der Waals surface area contributed by atoms with Gasteiger partial charge in [0.2, 0.25) is 11.8 Å². The van der Waals surface area contributed by atoms with Crippen LogP contribution in [0.3, 0.4) is 0 Å². The van der Waals surface area contributed by atoms with E-state index in [9.17, 15) is 19.2 Å². The third kappa shape index (κ3) is 8.26. The summed E-state index contributed by atoms with van der Waals surface area (Å²) >= 11 is 0. The van der Waals surface area contributed by atoms with E-state index in [1.54, 1.807) is 0 Å². The van der Waals surface area contributed by atoms with E-state index in [-0.39, 0.29) is 35.7 Å². The minimum atomic E-state index is -0.719. The van der Waals surface area contributed by atoms with Crippen LogP contribution in [0.2, 0.25) is 0 Å². The molecule has 2 aromatic carbocycles. The predicted molar refractivity (Wildman–Crippen MR) is 252 cm³/mol. The minimum absolute atomic E-state index is 0.124. The fourth-order valence-corrected chi connectivity index (χ4v) is 11.2. The van der Waals surface area contributed by atoms with Gasteiger partial charge in [0.1, 0.15) is 23.7 Å². The zero-order chi connectivity index (χ0) is 47.4. The van der Waals surface area contributed by atoms with Crippen molar-refractivity contribution in [2.24, 2.45) is 11.8 Å². The smallest absolute Gasteiger partial charge is 0.407 e. The largest absolute Gasteiger partial charge is 0.453 e. The Kier molecular flexibility index (Phi) is 12.2. The molecule has 4 N–H and O–H groups in total. The summed E-state index contributed by atoms with van der Waals surface area (Å²) in [7, 11) is 2.60. The van der Waals surface area contributed by atoms with Gasteiger partial charge in [-0.2, -0.15) is 0 Å². The number of likely N-dealkylation sites (tertiary alicyclic amines) is 2. The van der Waals surface area contributed by atoms with Crippen LogP contribution in [0, 0.1) is 11.8 Å². The molecule has 4 unspecified atom stereocenters. The molecular formula is C51H61N9O8. The highest BCUT2D eigenvalue weighted by Gasteiger charge is 2.45. The van der Waals surface area contributed by atoms with Crippen LogP contribution < -0.4 is 10.6 Å². The van der Waals surface area contributed by atoms with Crippen molar-refractivity contribution in [1.82, 2.24) is 45.4 Å². The first kappa shape index (κ1) is 45.5. The van der Waals surface area contributed by atoms with Gasteiger partial charge < -0.3 is 49.3 Å². The standard InChI is InChI=1S/C51H61N9O8/c1-27(2)42(57-49(63)65-5)47(61)59-18-8-12-40(59)45-52-26-39(56-45)33-15-16-34(32-11-7-10-31(32)33)44-35-25-51(67-20-21-68-51)24-30(35)23-37(53-44)29-14-17-36-38(22-29)55-46(54-36)41-13-9-19-60(41)48(62)43(28(3)4)58-50(64)66-6/h14-17,22-23,26-28,40-43H,7-13,18-21,24-25H2,1-6H3,(H,52,56)(H,54,55)(H,57,63)(H,58,64). The van der Waals surface area contributed by atoms with Crippen molar-refractivity contribution in [2.45, 2.75) is 115 Å². The Morgan fingerprint density at radius 2 is 1.35 bits per heavy atom. The summed E-state index contributed by atoms with van der Waals surface area (Å²) in [4.78, 5) is 78.3. The molecule has 0 saturated carbocycles. The third-order valence-corrected chi connectivity index (χ3v) is 14.6. The maximum absolute atomic E-state index is 13.9. The summed E-state index contributed by atoms with van der Waals surface area (Å²) in [6.07, 6.45) is 7.89. The number of imidazole rings is 2. The van der Waals surface area contributed by atoms with Gasteiger partial charge in [0.15, 0.2) is 5.79 Å². The SMILES string of the molecule is COC(=O)NC(C(=O)N1CCCC1c1ncc(-c2ccc(-c3nc(-c4ccc5nc(C6CCCN6C(=O)C(NC(=O)OC)C(C)C)[nH]c5c4)cc4c3CC3(C4)OCCO3)c3c2CCC3)[nH]1)C(C)C. The van der Waals surface area contributed by atoms with E-state index in [2.05, 4.69) is 50.9 Å². The molecule has 3 aromatic heterocycles. The number of carbonyl (C=O) groups is 4. The Labute approximate surface area is 395 Å². The Morgan fingerprint density at radius 3 is 1.99 bits per heavy atom. The Hall–Kier alpha value is -6.33. The summed E-state index contributed by atoms with van der Waals surface area (Å²) in [6.45, 7) is 9.91. The molecule has 1 spiro atoms. The molecule has 3 saturated heterocycles. The average molecular weight is 928 g/mol. The molecule has 0 radical (unpaired) electrons. The zero-order valence-electron chi connectivity index (χ0n) is 39.7. The number of hydrogen-bond acceptors (Lipinski definition) is 11. The van der Waals surface area contributed by atoms with Crippen molar-refractivity contribution in [3.8, 4) is 33.8 Å². The summed E-state index contributed by atoms with van der Waals surface area (Å²) in [6, 6.07) is 10.8. The molecule has 5 aliphatic rings. The molecule has 3 fully saturated rings. The van der Waals surface area contributed by atoms with Gasteiger partial charge >= 0.3 is 12.2 Å². The molecule has 6 heterocycles. The number of hydrogen-bond donors (Lipinski definition) is 4. The molecule has 2 aliphatic carbocycles. The van der Waals surface area contributed by atoms with Crippen molar-refractivity contribution in [3.05, 3.63) is 76.5 Å². The van der Waals surface area contributed by atoms with Gasteiger partial charge in [-0.1, -0.05) is 45.9 Å². The zero-order valence-corrected chi connectivity index (χ0v) is 39.7. The lowest BCUT2D eigenvalue weighted by Gasteiger charge is -2.30. The number of rotatable bonds is 11. The predicted octanol–water partition coefficient (Wildman–Crippen LogP) is 7.10.